The van der Waals surface area contributed by atoms with Crippen LogP contribution in [-0.2, 0) is 0 Å². The van der Waals surface area contributed by atoms with E-state index < -0.39 is 0 Å². The third-order valence-electron chi connectivity index (χ3n) is 2.59. The van der Waals surface area contributed by atoms with E-state index in [1.54, 1.807) is 0 Å². The van der Waals surface area contributed by atoms with Gasteiger partial charge < -0.3 is 10.6 Å². The van der Waals surface area contributed by atoms with Crippen LogP contribution in [0.1, 0.15) is 40.0 Å². The van der Waals surface area contributed by atoms with Crippen molar-refractivity contribution in [3.8, 4) is 0 Å². The predicted octanol–water partition coefficient (Wildman–Crippen LogP) is 2.09. The van der Waals surface area contributed by atoms with Crippen molar-refractivity contribution >= 4 is 0 Å². The lowest BCUT2D eigenvalue weighted by atomic mass is 10.0. The first-order chi connectivity index (χ1) is 6.07. The van der Waals surface area contributed by atoms with Crippen LogP contribution in [0.25, 0.3) is 0 Å². The molecular formula is C11H26N2. The average molecular weight is 186 g/mol. The summed E-state index contributed by atoms with van der Waals surface area (Å²) in [7, 11) is 2.18. The summed E-state index contributed by atoms with van der Waals surface area (Å²) in [5.41, 5.74) is 5.97. The second kappa shape index (κ2) is 7.34. The highest BCUT2D eigenvalue weighted by Gasteiger charge is 2.08. The number of nitrogens with zero attached hydrogens (tertiary/aromatic N) is 1. The van der Waals surface area contributed by atoms with E-state index in [2.05, 4.69) is 32.7 Å². The zero-order chi connectivity index (χ0) is 10.3. The first-order valence-corrected chi connectivity index (χ1v) is 5.52. The maximum atomic E-state index is 5.97. The van der Waals surface area contributed by atoms with E-state index in [4.69, 9.17) is 5.73 Å². The molecule has 0 aliphatic rings. The number of rotatable bonds is 7. The molecule has 0 saturated heterocycles. The molecule has 0 aromatic heterocycles. The van der Waals surface area contributed by atoms with E-state index in [0.29, 0.717) is 12.0 Å². The van der Waals surface area contributed by atoms with Gasteiger partial charge in [0.15, 0.2) is 0 Å². The van der Waals surface area contributed by atoms with Crippen molar-refractivity contribution in [1.82, 2.24) is 4.90 Å². The smallest absolute Gasteiger partial charge is 0.00740 e. The summed E-state index contributed by atoms with van der Waals surface area (Å²) in [6, 6.07) is 0.365. The maximum absolute atomic E-state index is 5.97. The second-order valence-corrected chi connectivity index (χ2v) is 4.35. The van der Waals surface area contributed by atoms with E-state index in [1.807, 2.05) is 0 Å². The summed E-state index contributed by atoms with van der Waals surface area (Å²) in [6.07, 6.45) is 3.70. The van der Waals surface area contributed by atoms with E-state index in [9.17, 15) is 0 Å². The van der Waals surface area contributed by atoms with Crippen LogP contribution in [0, 0.1) is 5.92 Å². The van der Waals surface area contributed by atoms with Gasteiger partial charge in [0.25, 0.3) is 0 Å². The normalized spacial score (nSPS) is 14.1. The van der Waals surface area contributed by atoms with Gasteiger partial charge >= 0.3 is 0 Å². The van der Waals surface area contributed by atoms with Gasteiger partial charge in [0.2, 0.25) is 0 Å². The summed E-state index contributed by atoms with van der Waals surface area (Å²) < 4.78 is 0. The fourth-order valence-electron chi connectivity index (χ4n) is 1.24. The molecule has 0 heterocycles. The summed E-state index contributed by atoms with van der Waals surface area (Å²) in [5, 5.41) is 0. The fraction of sp³-hybridized carbons (Fsp3) is 1.00. The van der Waals surface area contributed by atoms with E-state index >= 15 is 0 Å². The zero-order valence-electron chi connectivity index (χ0n) is 9.71. The number of nitrogens with two attached hydrogens (primary N) is 1. The molecular weight excluding hydrogens is 160 g/mol. The molecule has 80 valence electrons. The molecule has 2 heteroatoms. The van der Waals surface area contributed by atoms with Crippen LogP contribution in [0.5, 0.6) is 0 Å². The van der Waals surface area contributed by atoms with Crippen LogP contribution in [0.4, 0.5) is 0 Å². The summed E-state index contributed by atoms with van der Waals surface area (Å²) in [5.74, 6) is 0.611. The third-order valence-corrected chi connectivity index (χ3v) is 2.59. The molecule has 0 aromatic rings. The van der Waals surface area contributed by atoms with Crippen molar-refractivity contribution in [2.24, 2.45) is 11.7 Å². The zero-order valence-corrected chi connectivity index (χ0v) is 9.71. The topological polar surface area (TPSA) is 29.3 Å². The van der Waals surface area contributed by atoms with Crippen molar-refractivity contribution in [3.05, 3.63) is 0 Å². The number of hydrogen-bond acceptors (Lipinski definition) is 2. The lowest BCUT2D eigenvalue weighted by Crippen LogP contribution is -2.32. The van der Waals surface area contributed by atoms with Gasteiger partial charge in [0, 0.05) is 6.04 Å². The Balaban J connectivity index is 3.40. The van der Waals surface area contributed by atoms with E-state index in [-0.39, 0.29) is 0 Å². The third kappa shape index (κ3) is 7.03. The van der Waals surface area contributed by atoms with Gasteiger partial charge in [-0.15, -0.1) is 0 Å². The molecule has 0 bridgehead atoms. The first-order valence-electron chi connectivity index (χ1n) is 5.52. The van der Waals surface area contributed by atoms with Crippen LogP contribution in [-0.4, -0.2) is 31.1 Å². The number of hydrogen-bond donors (Lipinski definition) is 1. The Morgan fingerprint density at radius 2 is 1.85 bits per heavy atom. The molecule has 1 unspecified atom stereocenters. The van der Waals surface area contributed by atoms with Gasteiger partial charge in [-0.2, -0.15) is 0 Å². The summed E-state index contributed by atoms with van der Waals surface area (Å²) in [4.78, 5) is 2.38. The molecule has 0 aliphatic heterocycles. The average Bonchev–Trinajstić information content (AvgIpc) is 2.10. The molecule has 0 amide bonds. The molecule has 13 heavy (non-hydrogen) atoms. The highest BCUT2D eigenvalue weighted by atomic mass is 15.1. The Morgan fingerprint density at radius 3 is 2.31 bits per heavy atom. The van der Waals surface area contributed by atoms with Gasteiger partial charge in [0.05, 0.1) is 0 Å². The van der Waals surface area contributed by atoms with Crippen molar-refractivity contribution in [3.63, 3.8) is 0 Å². The molecule has 0 saturated carbocycles. The molecule has 0 aliphatic carbocycles. The highest BCUT2D eigenvalue weighted by molar-refractivity contribution is 4.67. The van der Waals surface area contributed by atoms with Crippen molar-refractivity contribution in [2.75, 3.05) is 20.1 Å². The number of unbranched alkanes of at least 4 members (excludes halogenated alkanes) is 1. The molecule has 0 rings (SSSR count). The second-order valence-electron chi connectivity index (χ2n) is 4.35. The van der Waals surface area contributed by atoms with Crippen molar-refractivity contribution in [1.29, 1.82) is 0 Å². The predicted molar refractivity (Wildman–Crippen MR) is 59.8 cm³/mol. The van der Waals surface area contributed by atoms with Gasteiger partial charge in [-0.1, -0.05) is 27.2 Å². The Labute approximate surface area is 83.5 Å². The van der Waals surface area contributed by atoms with Gasteiger partial charge in [-0.05, 0) is 38.9 Å². The van der Waals surface area contributed by atoms with Crippen LogP contribution in [0.3, 0.4) is 0 Å². The van der Waals surface area contributed by atoms with E-state index in [1.165, 1.54) is 19.4 Å². The summed E-state index contributed by atoms with van der Waals surface area (Å²) in [6.45, 7) is 8.96. The first kappa shape index (κ1) is 12.9. The van der Waals surface area contributed by atoms with Gasteiger partial charge in [-0.25, -0.2) is 0 Å². The van der Waals surface area contributed by atoms with Crippen molar-refractivity contribution in [2.45, 2.75) is 46.1 Å². The van der Waals surface area contributed by atoms with Crippen LogP contribution in [0.2, 0.25) is 0 Å². The molecule has 1 atom stereocenters. The van der Waals surface area contributed by atoms with Crippen LogP contribution < -0.4 is 5.73 Å². The van der Waals surface area contributed by atoms with Gasteiger partial charge in [-0.3, -0.25) is 0 Å². The monoisotopic (exact) mass is 186 g/mol. The fourth-order valence-corrected chi connectivity index (χ4v) is 1.24. The standard InChI is InChI=1S/C11H26N2/c1-5-6-8-13(4)9-7-11(12)10(2)3/h10-11H,5-9,12H2,1-4H3. The quantitative estimate of drug-likeness (QED) is 0.659. The lowest BCUT2D eigenvalue weighted by molar-refractivity contribution is 0.298. The Bertz CT molecular complexity index is 113. The molecule has 0 spiro atoms. The Kier molecular flexibility index (Phi) is 7.29. The highest BCUT2D eigenvalue weighted by Crippen LogP contribution is 2.03. The van der Waals surface area contributed by atoms with Gasteiger partial charge in [0.1, 0.15) is 0 Å². The maximum Gasteiger partial charge on any atom is 0.00740 e. The Morgan fingerprint density at radius 1 is 1.23 bits per heavy atom. The minimum Gasteiger partial charge on any atom is -0.327 e. The molecule has 0 radical (unpaired) electrons. The summed E-state index contributed by atoms with van der Waals surface area (Å²) >= 11 is 0. The molecule has 0 fully saturated rings. The Hall–Kier alpha value is -0.0800. The van der Waals surface area contributed by atoms with Crippen LogP contribution >= 0.6 is 0 Å². The molecule has 2 N–H and O–H groups in total. The lowest BCUT2D eigenvalue weighted by Gasteiger charge is -2.20. The van der Waals surface area contributed by atoms with Crippen molar-refractivity contribution < 1.29 is 0 Å². The largest absolute Gasteiger partial charge is 0.327 e. The SMILES string of the molecule is CCCCN(C)CCC(N)C(C)C. The minimum atomic E-state index is 0.365. The molecule has 0 aromatic carbocycles. The van der Waals surface area contributed by atoms with Crippen LogP contribution in [0.15, 0.2) is 0 Å². The van der Waals surface area contributed by atoms with E-state index in [0.717, 1.165) is 13.0 Å². The minimum absolute atomic E-state index is 0.365. The molecule has 2 nitrogen and oxygen atoms in total.